The number of nitrogens with zero attached hydrogens (tertiary/aromatic N) is 2. The van der Waals surface area contributed by atoms with Crippen molar-refractivity contribution in [1.82, 2.24) is 9.78 Å². The van der Waals surface area contributed by atoms with Gasteiger partial charge in [-0.15, -0.1) is 0 Å². The average molecular weight is 353 g/mol. The fraction of sp³-hybridized carbons (Fsp3) is 0.438. The van der Waals surface area contributed by atoms with E-state index in [0.717, 1.165) is 0 Å². The minimum Gasteiger partial charge on any atom is -0.497 e. The highest BCUT2D eigenvalue weighted by Crippen LogP contribution is 2.33. The van der Waals surface area contributed by atoms with Crippen LogP contribution in [-0.2, 0) is 22.5 Å². The highest BCUT2D eigenvalue weighted by Gasteiger charge is 2.30. The average Bonchev–Trinajstić information content (AvgIpc) is 2.90. The summed E-state index contributed by atoms with van der Waals surface area (Å²) in [6.45, 7) is 5.76. The molecule has 8 heteroatoms. The third kappa shape index (κ3) is 3.64. The van der Waals surface area contributed by atoms with Crippen molar-refractivity contribution in [3.05, 3.63) is 30.1 Å². The van der Waals surface area contributed by atoms with E-state index in [0.29, 0.717) is 22.9 Å². The number of nitrogens with one attached hydrogen (secondary N) is 1. The third-order valence-corrected chi connectivity index (χ3v) is 4.81. The van der Waals surface area contributed by atoms with Crippen molar-refractivity contribution in [2.24, 2.45) is 7.05 Å². The van der Waals surface area contributed by atoms with Crippen LogP contribution < -0.4 is 14.2 Å². The maximum absolute atomic E-state index is 12.9. The van der Waals surface area contributed by atoms with E-state index < -0.39 is 15.4 Å². The lowest BCUT2D eigenvalue weighted by Crippen LogP contribution is -2.20. The van der Waals surface area contributed by atoms with Crippen LogP contribution in [0.15, 0.2) is 29.3 Å². The van der Waals surface area contributed by atoms with Crippen LogP contribution in [0.3, 0.4) is 0 Å². The Morgan fingerprint density at radius 1 is 1.17 bits per heavy atom. The molecule has 0 unspecified atom stereocenters. The third-order valence-electron chi connectivity index (χ3n) is 3.45. The normalized spacial score (nSPS) is 12.1. The van der Waals surface area contributed by atoms with E-state index in [4.69, 9.17) is 9.47 Å². The molecule has 1 heterocycles. The minimum atomic E-state index is -3.81. The first kappa shape index (κ1) is 18.1. The number of benzene rings is 1. The summed E-state index contributed by atoms with van der Waals surface area (Å²) < 4.78 is 40.1. The summed E-state index contributed by atoms with van der Waals surface area (Å²) in [5, 5.41) is 4.31. The first-order chi connectivity index (χ1) is 11.1. The summed E-state index contributed by atoms with van der Waals surface area (Å²) in [5.74, 6) is 0.950. The second kappa shape index (κ2) is 6.35. The van der Waals surface area contributed by atoms with E-state index in [1.165, 1.54) is 25.1 Å². The van der Waals surface area contributed by atoms with E-state index in [-0.39, 0.29) is 4.90 Å². The summed E-state index contributed by atoms with van der Waals surface area (Å²) in [4.78, 5) is 0.148. The first-order valence-electron chi connectivity index (χ1n) is 7.37. The second-order valence-electron chi connectivity index (χ2n) is 6.44. The first-order valence-corrected chi connectivity index (χ1v) is 8.86. The molecule has 1 aromatic carbocycles. The highest BCUT2D eigenvalue weighted by molar-refractivity contribution is 7.92. The van der Waals surface area contributed by atoms with Gasteiger partial charge >= 0.3 is 0 Å². The lowest BCUT2D eigenvalue weighted by molar-refractivity contribution is 0.395. The maximum atomic E-state index is 12.9. The van der Waals surface area contributed by atoms with Crippen LogP contribution in [-0.4, -0.2) is 32.4 Å². The lowest BCUT2D eigenvalue weighted by atomic mass is 9.92. The van der Waals surface area contributed by atoms with E-state index in [9.17, 15) is 8.42 Å². The number of methoxy groups -OCH3 is 2. The molecule has 24 heavy (non-hydrogen) atoms. The number of anilines is 1. The molecule has 2 rings (SSSR count). The van der Waals surface area contributed by atoms with Crippen molar-refractivity contribution >= 4 is 15.7 Å². The molecule has 0 bridgehead atoms. The number of hydrogen-bond acceptors (Lipinski definition) is 5. The van der Waals surface area contributed by atoms with Gasteiger partial charge in [0.15, 0.2) is 0 Å². The molecule has 0 aliphatic carbocycles. The van der Waals surface area contributed by atoms with Crippen molar-refractivity contribution in [3.63, 3.8) is 0 Å². The van der Waals surface area contributed by atoms with Crippen molar-refractivity contribution in [2.75, 3.05) is 18.9 Å². The number of aromatic nitrogens is 2. The molecule has 0 saturated heterocycles. The van der Waals surface area contributed by atoms with Crippen molar-refractivity contribution < 1.29 is 17.9 Å². The Labute approximate surface area is 142 Å². The number of sulfonamides is 1. The molecule has 0 amide bonds. The van der Waals surface area contributed by atoms with Gasteiger partial charge in [0, 0.05) is 24.7 Å². The van der Waals surface area contributed by atoms with Gasteiger partial charge in [-0.1, -0.05) is 20.8 Å². The quantitative estimate of drug-likeness (QED) is 0.893. The molecule has 1 aromatic heterocycles. The van der Waals surface area contributed by atoms with Gasteiger partial charge in [-0.3, -0.25) is 9.40 Å². The lowest BCUT2D eigenvalue weighted by Gasteiger charge is -2.18. The van der Waals surface area contributed by atoms with Crippen LogP contribution in [0.2, 0.25) is 0 Å². The van der Waals surface area contributed by atoms with Crippen molar-refractivity contribution in [3.8, 4) is 11.5 Å². The maximum Gasteiger partial charge on any atom is 0.265 e. The molecule has 2 aromatic rings. The van der Waals surface area contributed by atoms with Gasteiger partial charge in [0.05, 0.1) is 25.6 Å². The Kier molecular flexibility index (Phi) is 4.80. The van der Waals surface area contributed by atoms with Crippen LogP contribution in [0.1, 0.15) is 26.5 Å². The Bertz CT molecular complexity index is 835. The summed E-state index contributed by atoms with van der Waals surface area (Å²) in [6, 6.07) is 4.88. The largest absolute Gasteiger partial charge is 0.497 e. The number of rotatable bonds is 5. The second-order valence-corrected chi connectivity index (χ2v) is 8.09. The van der Waals surface area contributed by atoms with Gasteiger partial charge in [-0.2, -0.15) is 5.10 Å². The van der Waals surface area contributed by atoms with Gasteiger partial charge in [-0.05, 0) is 12.1 Å². The Hall–Kier alpha value is -2.22. The van der Waals surface area contributed by atoms with Gasteiger partial charge in [0.1, 0.15) is 16.4 Å². The number of aryl methyl sites for hydroxylation is 1. The van der Waals surface area contributed by atoms with Crippen molar-refractivity contribution in [2.45, 2.75) is 31.1 Å². The molecule has 0 fully saturated rings. The predicted molar refractivity (Wildman–Crippen MR) is 92.3 cm³/mol. The van der Waals surface area contributed by atoms with Gasteiger partial charge in [0.2, 0.25) is 0 Å². The fourth-order valence-corrected chi connectivity index (χ4v) is 3.73. The fourth-order valence-electron chi connectivity index (χ4n) is 2.27. The summed E-state index contributed by atoms with van der Waals surface area (Å²) in [5.41, 5.74) is 0.432. The Morgan fingerprint density at radius 2 is 1.83 bits per heavy atom. The molecular formula is C16H23N3O4S. The molecule has 0 saturated carbocycles. The zero-order valence-electron chi connectivity index (χ0n) is 14.7. The smallest absolute Gasteiger partial charge is 0.265 e. The SMILES string of the molecule is COc1ccc(NS(=O)(=O)c2cn(C)nc2C(C)(C)C)c(OC)c1. The monoisotopic (exact) mass is 353 g/mol. The van der Waals surface area contributed by atoms with Crippen LogP contribution in [0, 0.1) is 0 Å². The zero-order valence-corrected chi connectivity index (χ0v) is 15.6. The standard InChI is InChI=1S/C16H23N3O4S/c1-16(2,3)15-14(10-19(4)17-15)24(20,21)18-12-8-7-11(22-5)9-13(12)23-6/h7-10,18H,1-6H3. The van der Waals surface area contributed by atoms with Crippen LogP contribution in [0.25, 0.3) is 0 Å². The van der Waals surface area contributed by atoms with Crippen LogP contribution in [0.5, 0.6) is 11.5 Å². The minimum absolute atomic E-state index is 0.148. The van der Waals surface area contributed by atoms with Gasteiger partial charge in [-0.25, -0.2) is 8.42 Å². The number of hydrogen-bond donors (Lipinski definition) is 1. The van der Waals surface area contributed by atoms with Gasteiger partial charge < -0.3 is 9.47 Å². The molecule has 0 aliphatic heterocycles. The van der Waals surface area contributed by atoms with Crippen molar-refractivity contribution in [1.29, 1.82) is 0 Å². The molecule has 0 radical (unpaired) electrons. The van der Waals surface area contributed by atoms with Crippen LogP contribution >= 0.6 is 0 Å². The molecule has 0 spiro atoms. The molecule has 7 nitrogen and oxygen atoms in total. The molecule has 0 aliphatic rings. The number of ether oxygens (including phenoxy) is 2. The topological polar surface area (TPSA) is 82.5 Å². The predicted octanol–water partition coefficient (Wildman–Crippen LogP) is 2.54. The molecular weight excluding hydrogens is 330 g/mol. The van der Waals surface area contributed by atoms with Gasteiger partial charge in [0.25, 0.3) is 10.0 Å². The summed E-state index contributed by atoms with van der Waals surface area (Å²) in [7, 11) is 0.885. The van der Waals surface area contributed by atoms with E-state index >= 15 is 0 Å². The Morgan fingerprint density at radius 3 is 2.38 bits per heavy atom. The summed E-state index contributed by atoms with van der Waals surface area (Å²) >= 11 is 0. The molecule has 1 N–H and O–H groups in total. The highest BCUT2D eigenvalue weighted by atomic mass is 32.2. The van der Waals surface area contributed by atoms with E-state index in [1.54, 1.807) is 25.2 Å². The molecule has 132 valence electrons. The van der Waals surface area contributed by atoms with E-state index in [1.807, 2.05) is 20.8 Å². The summed E-state index contributed by atoms with van der Waals surface area (Å²) in [6.07, 6.45) is 1.50. The van der Waals surface area contributed by atoms with E-state index in [2.05, 4.69) is 9.82 Å². The zero-order chi connectivity index (χ0) is 18.1. The Balaban J connectivity index is 2.47. The molecule has 0 atom stereocenters. The van der Waals surface area contributed by atoms with Crippen LogP contribution in [0.4, 0.5) is 5.69 Å².